The van der Waals surface area contributed by atoms with Gasteiger partial charge in [0.2, 0.25) is 0 Å². The lowest BCUT2D eigenvalue weighted by molar-refractivity contribution is -0.139. The SMILES string of the molecule is O=C(O)COc1cccc(-c2ccccc2-c2cc(-c3ccco3)n(-c3ccc(Cl)cc3)n2)c1. The molecule has 0 aliphatic carbocycles. The Balaban J connectivity index is 1.61. The first-order chi connectivity index (χ1) is 16.6. The highest BCUT2D eigenvalue weighted by atomic mass is 35.5. The number of carboxylic acids is 1. The fourth-order valence-electron chi connectivity index (χ4n) is 3.75. The van der Waals surface area contributed by atoms with E-state index in [9.17, 15) is 4.79 Å². The van der Waals surface area contributed by atoms with E-state index in [4.69, 9.17) is 31.0 Å². The van der Waals surface area contributed by atoms with Crippen molar-refractivity contribution in [2.75, 3.05) is 6.61 Å². The van der Waals surface area contributed by atoms with Gasteiger partial charge in [-0.15, -0.1) is 0 Å². The van der Waals surface area contributed by atoms with Crippen LogP contribution in [0.2, 0.25) is 5.02 Å². The van der Waals surface area contributed by atoms with Crippen molar-refractivity contribution >= 4 is 17.6 Å². The second-order valence-corrected chi connectivity index (χ2v) is 7.97. The summed E-state index contributed by atoms with van der Waals surface area (Å²) in [5.41, 5.74) is 5.15. The Bertz CT molecular complexity index is 1440. The molecule has 0 atom stereocenters. The van der Waals surface area contributed by atoms with Crippen molar-refractivity contribution in [3.05, 3.63) is 102 Å². The molecule has 7 heteroatoms. The number of furan rings is 1. The first-order valence-corrected chi connectivity index (χ1v) is 10.9. The number of ether oxygens (including phenoxy) is 1. The van der Waals surface area contributed by atoms with Crippen molar-refractivity contribution in [3.63, 3.8) is 0 Å². The predicted molar refractivity (Wildman–Crippen MR) is 130 cm³/mol. The van der Waals surface area contributed by atoms with Gasteiger partial charge in [-0.1, -0.05) is 48.0 Å². The summed E-state index contributed by atoms with van der Waals surface area (Å²) >= 11 is 6.09. The Morgan fingerprint density at radius 3 is 2.47 bits per heavy atom. The fraction of sp³-hybridized carbons (Fsp3) is 0.0370. The van der Waals surface area contributed by atoms with E-state index in [0.29, 0.717) is 16.5 Å². The molecule has 0 radical (unpaired) electrons. The molecule has 0 spiro atoms. The number of hydrogen-bond acceptors (Lipinski definition) is 4. The first kappa shape index (κ1) is 21.6. The van der Waals surface area contributed by atoms with Crippen LogP contribution in [-0.4, -0.2) is 27.5 Å². The van der Waals surface area contributed by atoms with E-state index >= 15 is 0 Å². The van der Waals surface area contributed by atoms with Crippen LogP contribution in [0.4, 0.5) is 0 Å². The Labute approximate surface area is 200 Å². The highest BCUT2D eigenvalue weighted by molar-refractivity contribution is 6.30. The quantitative estimate of drug-likeness (QED) is 0.290. The van der Waals surface area contributed by atoms with Crippen molar-refractivity contribution in [2.24, 2.45) is 0 Å². The number of carboxylic acid groups (broad SMARTS) is 1. The molecule has 2 heterocycles. The van der Waals surface area contributed by atoms with Gasteiger partial charge < -0.3 is 14.3 Å². The molecule has 0 fully saturated rings. The van der Waals surface area contributed by atoms with Gasteiger partial charge in [0, 0.05) is 10.6 Å². The van der Waals surface area contributed by atoms with Gasteiger partial charge in [-0.3, -0.25) is 0 Å². The second-order valence-electron chi connectivity index (χ2n) is 7.54. The van der Waals surface area contributed by atoms with E-state index in [1.165, 1.54) is 0 Å². The number of halogens is 1. The minimum atomic E-state index is -1.02. The molecule has 1 N–H and O–H groups in total. The van der Waals surface area contributed by atoms with Crippen LogP contribution in [0.25, 0.3) is 39.5 Å². The molecule has 0 saturated carbocycles. The molecule has 0 saturated heterocycles. The average Bonchev–Trinajstić information content (AvgIpc) is 3.54. The summed E-state index contributed by atoms with van der Waals surface area (Å²) in [5.74, 6) is 0.150. The molecule has 0 unspecified atom stereocenters. The third-order valence-corrected chi connectivity index (χ3v) is 5.52. The van der Waals surface area contributed by atoms with Gasteiger partial charge in [0.15, 0.2) is 12.4 Å². The standard InChI is InChI=1S/C27H19ClN2O4/c28-19-10-12-20(13-11-19)30-25(26-9-4-14-33-26)16-24(29-30)23-8-2-1-7-22(23)18-5-3-6-21(15-18)34-17-27(31)32/h1-16H,17H2,(H,31,32). The smallest absolute Gasteiger partial charge is 0.341 e. The summed E-state index contributed by atoms with van der Waals surface area (Å²) in [6, 6.07) is 28.4. The maximum Gasteiger partial charge on any atom is 0.341 e. The van der Waals surface area contributed by atoms with Gasteiger partial charge in [-0.25, -0.2) is 9.48 Å². The molecule has 6 nitrogen and oxygen atoms in total. The van der Waals surface area contributed by atoms with Crippen molar-refractivity contribution in [1.29, 1.82) is 0 Å². The van der Waals surface area contributed by atoms with E-state index in [-0.39, 0.29) is 0 Å². The Hall–Kier alpha value is -4.29. The fourth-order valence-corrected chi connectivity index (χ4v) is 3.87. The minimum Gasteiger partial charge on any atom is -0.482 e. The Kier molecular flexibility index (Phi) is 5.89. The second kappa shape index (κ2) is 9.29. The summed E-state index contributed by atoms with van der Waals surface area (Å²) in [4.78, 5) is 10.9. The topological polar surface area (TPSA) is 77.5 Å². The van der Waals surface area contributed by atoms with Gasteiger partial charge in [0.1, 0.15) is 11.4 Å². The van der Waals surface area contributed by atoms with Crippen molar-refractivity contribution in [2.45, 2.75) is 0 Å². The Morgan fingerprint density at radius 2 is 1.74 bits per heavy atom. The van der Waals surface area contributed by atoms with E-state index in [1.807, 2.05) is 89.6 Å². The zero-order valence-corrected chi connectivity index (χ0v) is 18.6. The molecule has 3 aromatic carbocycles. The highest BCUT2D eigenvalue weighted by Crippen LogP contribution is 2.36. The van der Waals surface area contributed by atoms with Crippen LogP contribution in [0.15, 0.2) is 102 Å². The molecular weight excluding hydrogens is 452 g/mol. The monoisotopic (exact) mass is 470 g/mol. The van der Waals surface area contributed by atoms with Crippen molar-refractivity contribution < 1.29 is 19.1 Å². The molecule has 0 bridgehead atoms. The number of aromatic nitrogens is 2. The maximum absolute atomic E-state index is 10.9. The number of aliphatic carboxylic acids is 1. The largest absolute Gasteiger partial charge is 0.482 e. The van der Waals surface area contributed by atoms with Gasteiger partial charge >= 0.3 is 5.97 Å². The summed E-state index contributed by atoms with van der Waals surface area (Å²) in [6.07, 6.45) is 1.63. The van der Waals surface area contributed by atoms with Gasteiger partial charge in [-0.2, -0.15) is 5.10 Å². The van der Waals surface area contributed by atoms with Crippen LogP contribution in [-0.2, 0) is 4.79 Å². The number of carbonyl (C=O) groups is 1. The molecule has 34 heavy (non-hydrogen) atoms. The average molecular weight is 471 g/mol. The summed E-state index contributed by atoms with van der Waals surface area (Å²) in [6.45, 7) is -0.400. The van der Waals surface area contributed by atoms with Crippen LogP contribution < -0.4 is 4.74 Å². The van der Waals surface area contributed by atoms with Crippen LogP contribution in [0, 0.1) is 0 Å². The van der Waals surface area contributed by atoms with Crippen LogP contribution >= 0.6 is 11.6 Å². The first-order valence-electron chi connectivity index (χ1n) is 10.5. The molecule has 5 rings (SSSR count). The summed E-state index contributed by atoms with van der Waals surface area (Å²) < 4.78 is 12.9. The van der Waals surface area contributed by atoms with Gasteiger partial charge in [0.25, 0.3) is 0 Å². The van der Waals surface area contributed by atoms with Crippen LogP contribution in [0.5, 0.6) is 5.75 Å². The lowest BCUT2D eigenvalue weighted by Gasteiger charge is -2.10. The number of hydrogen-bond donors (Lipinski definition) is 1. The van der Waals surface area contributed by atoms with E-state index in [1.54, 1.807) is 12.3 Å². The zero-order valence-electron chi connectivity index (χ0n) is 17.9. The molecule has 2 aromatic heterocycles. The molecular formula is C27H19ClN2O4. The van der Waals surface area contributed by atoms with Gasteiger partial charge in [0.05, 0.1) is 17.6 Å². The predicted octanol–water partition coefficient (Wildman–Crippen LogP) is 6.58. The molecule has 168 valence electrons. The highest BCUT2D eigenvalue weighted by Gasteiger charge is 2.17. The van der Waals surface area contributed by atoms with Crippen molar-refractivity contribution in [3.8, 4) is 45.3 Å². The number of rotatable bonds is 7. The van der Waals surface area contributed by atoms with E-state index < -0.39 is 12.6 Å². The van der Waals surface area contributed by atoms with E-state index in [2.05, 4.69) is 0 Å². The molecule has 5 aromatic rings. The molecule has 0 amide bonds. The minimum absolute atomic E-state index is 0.400. The summed E-state index contributed by atoms with van der Waals surface area (Å²) in [5, 5.41) is 14.5. The normalized spacial score (nSPS) is 10.9. The molecule has 0 aliphatic rings. The zero-order chi connectivity index (χ0) is 23.5. The summed E-state index contributed by atoms with van der Waals surface area (Å²) in [7, 11) is 0. The third kappa shape index (κ3) is 4.44. The van der Waals surface area contributed by atoms with E-state index in [0.717, 1.165) is 33.8 Å². The maximum atomic E-state index is 10.9. The van der Waals surface area contributed by atoms with Gasteiger partial charge in [-0.05, 0) is 65.7 Å². The third-order valence-electron chi connectivity index (χ3n) is 5.26. The lowest BCUT2D eigenvalue weighted by atomic mass is 9.97. The van der Waals surface area contributed by atoms with Crippen LogP contribution in [0.1, 0.15) is 0 Å². The van der Waals surface area contributed by atoms with Crippen molar-refractivity contribution in [1.82, 2.24) is 9.78 Å². The van der Waals surface area contributed by atoms with Crippen LogP contribution in [0.3, 0.4) is 0 Å². The number of benzene rings is 3. The Morgan fingerprint density at radius 1 is 0.941 bits per heavy atom. The molecule has 0 aliphatic heterocycles. The number of nitrogens with zero attached hydrogens (tertiary/aromatic N) is 2. The lowest BCUT2D eigenvalue weighted by Crippen LogP contribution is -2.09.